The minimum atomic E-state index is 0.226. The number of rotatable bonds is 0. The molecule has 0 heterocycles. The molecule has 0 unspecified atom stereocenters. The van der Waals surface area contributed by atoms with E-state index in [-0.39, 0.29) is 12.1 Å². The smallest absolute Gasteiger partial charge is 0.286 e. The van der Waals surface area contributed by atoms with E-state index in [0.29, 0.717) is 0 Å². The van der Waals surface area contributed by atoms with Crippen molar-refractivity contribution in [2.75, 3.05) is 0 Å². The van der Waals surface area contributed by atoms with E-state index in [1.54, 1.807) is 0 Å². The molecule has 0 aromatic heterocycles. The largest absolute Gasteiger partial charge is 0.321 e. The van der Waals surface area contributed by atoms with Gasteiger partial charge in [-0.05, 0) is 12.8 Å². The van der Waals surface area contributed by atoms with E-state index in [4.69, 9.17) is 12.3 Å². The van der Waals surface area contributed by atoms with Gasteiger partial charge >= 0.3 is 0 Å². The van der Waals surface area contributed by atoms with Gasteiger partial charge in [0.25, 0.3) is 12.6 Å². The first-order valence-electron chi connectivity index (χ1n) is 3.50. The standard InChI is InChI=1S/C7H13N2/c1-9-7-5-3-2-4-6(7)8/h1,6-7H,2-5,8H2/q+1/t6-,7-/m0/s1. The van der Waals surface area contributed by atoms with Gasteiger partial charge in [-0.3, -0.25) is 0 Å². The summed E-state index contributed by atoms with van der Waals surface area (Å²) in [4.78, 5) is 3.70. The van der Waals surface area contributed by atoms with Gasteiger partial charge in [-0.25, -0.2) is 0 Å². The zero-order valence-electron chi connectivity index (χ0n) is 5.59. The van der Waals surface area contributed by atoms with Crippen molar-refractivity contribution >= 4 is 0 Å². The molecule has 2 N–H and O–H groups in total. The van der Waals surface area contributed by atoms with E-state index in [1.807, 2.05) is 0 Å². The predicted molar refractivity (Wildman–Crippen MR) is 38.5 cm³/mol. The summed E-state index contributed by atoms with van der Waals surface area (Å²) in [6.07, 6.45) is 4.65. The number of hydrogen-bond donors (Lipinski definition) is 1. The van der Waals surface area contributed by atoms with Crippen LogP contribution in [0.2, 0.25) is 0 Å². The Hall–Kier alpha value is -0.550. The number of nitrogens with zero attached hydrogens (tertiary/aromatic N) is 1. The van der Waals surface area contributed by atoms with E-state index in [0.717, 1.165) is 12.8 Å². The van der Waals surface area contributed by atoms with E-state index >= 15 is 0 Å². The van der Waals surface area contributed by atoms with Crippen LogP contribution in [-0.4, -0.2) is 12.1 Å². The molecule has 2 heteroatoms. The highest BCUT2D eigenvalue weighted by molar-refractivity contribution is 4.93. The van der Waals surface area contributed by atoms with Gasteiger partial charge in [0, 0.05) is 6.42 Å². The topological polar surface area (TPSA) is 30.4 Å². The van der Waals surface area contributed by atoms with Crippen LogP contribution in [0, 0.1) is 6.57 Å². The van der Waals surface area contributed by atoms with Crippen LogP contribution in [-0.2, 0) is 0 Å². The van der Waals surface area contributed by atoms with Gasteiger partial charge in [-0.2, -0.15) is 0 Å². The summed E-state index contributed by atoms with van der Waals surface area (Å²) >= 11 is 0. The minimum absolute atomic E-state index is 0.226. The Morgan fingerprint density at radius 3 is 2.44 bits per heavy atom. The second-order valence-corrected chi connectivity index (χ2v) is 2.66. The molecule has 0 radical (unpaired) electrons. The quantitative estimate of drug-likeness (QED) is 0.518. The first-order chi connectivity index (χ1) is 4.34. The fourth-order valence-corrected chi connectivity index (χ4v) is 1.33. The third-order valence-electron chi connectivity index (χ3n) is 1.97. The summed E-state index contributed by atoms with van der Waals surface area (Å²) in [6, 6.07) is 0.461. The SMILES string of the molecule is C#[N+][C@H]1CCCC[C@@H]1N. The van der Waals surface area contributed by atoms with Crippen LogP contribution in [0.15, 0.2) is 0 Å². The maximum atomic E-state index is 5.72. The molecular formula is C7H13N2+. The second kappa shape index (κ2) is 2.84. The molecule has 50 valence electrons. The minimum Gasteiger partial charge on any atom is -0.321 e. The maximum absolute atomic E-state index is 5.72. The monoisotopic (exact) mass is 125 g/mol. The lowest BCUT2D eigenvalue weighted by Crippen LogP contribution is -2.35. The van der Waals surface area contributed by atoms with Gasteiger partial charge in [-0.15, -0.1) is 0 Å². The van der Waals surface area contributed by atoms with E-state index in [9.17, 15) is 0 Å². The molecule has 2 nitrogen and oxygen atoms in total. The molecule has 9 heavy (non-hydrogen) atoms. The Balaban J connectivity index is 2.41. The summed E-state index contributed by atoms with van der Waals surface area (Å²) in [5.41, 5.74) is 5.72. The molecule has 1 fully saturated rings. The van der Waals surface area contributed by atoms with Crippen LogP contribution in [0.3, 0.4) is 0 Å². The molecule has 0 bridgehead atoms. The first kappa shape index (κ1) is 6.57. The fourth-order valence-electron chi connectivity index (χ4n) is 1.33. The van der Waals surface area contributed by atoms with Gasteiger partial charge in [0.2, 0.25) is 0 Å². The Bertz CT molecular complexity index is 125. The maximum Gasteiger partial charge on any atom is 0.286 e. The van der Waals surface area contributed by atoms with Crippen molar-refractivity contribution in [3.8, 4) is 6.57 Å². The lowest BCUT2D eigenvalue weighted by Gasteiger charge is -2.15. The summed E-state index contributed by atoms with van der Waals surface area (Å²) < 4.78 is 0. The Labute approximate surface area is 55.9 Å². The van der Waals surface area contributed by atoms with Crippen LogP contribution < -0.4 is 5.73 Å². The Morgan fingerprint density at radius 2 is 2.00 bits per heavy atom. The molecule has 0 amide bonds. The summed E-state index contributed by atoms with van der Waals surface area (Å²) in [5, 5.41) is 0. The van der Waals surface area contributed by atoms with Crippen molar-refractivity contribution in [3.05, 3.63) is 4.85 Å². The molecule has 1 aliphatic rings. The first-order valence-corrected chi connectivity index (χ1v) is 3.50. The molecule has 0 aromatic carbocycles. The molecule has 0 aromatic rings. The Kier molecular flexibility index (Phi) is 2.07. The van der Waals surface area contributed by atoms with Crippen molar-refractivity contribution in [1.82, 2.24) is 0 Å². The number of nitrogens with two attached hydrogens (primary N) is 1. The third kappa shape index (κ3) is 1.43. The van der Waals surface area contributed by atoms with Gasteiger partial charge in [-0.1, -0.05) is 11.3 Å². The summed E-state index contributed by atoms with van der Waals surface area (Å²) in [6.45, 7) is 5.14. The van der Waals surface area contributed by atoms with Crippen LogP contribution >= 0.6 is 0 Å². The van der Waals surface area contributed by atoms with Crippen molar-refractivity contribution < 1.29 is 0 Å². The molecule has 0 saturated heterocycles. The van der Waals surface area contributed by atoms with E-state index in [2.05, 4.69) is 4.85 Å². The van der Waals surface area contributed by atoms with E-state index in [1.165, 1.54) is 12.8 Å². The van der Waals surface area contributed by atoms with Gasteiger partial charge in [0.1, 0.15) is 0 Å². The van der Waals surface area contributed by atoms with Crippen LogP contribution in [0.5, 0.6) is 0 Å². The van der Waals surface area contributed by atoms with Crippen molar-refractivity contribution in [3.63, 3.8) is 0 Å². The fraction of sp³-hybridized carbons (Fsp3) is 0.857. The average Bonchev–Trinajstić information content (AvgIpc) is 1.89. The molecule has 0 aliphatic heterocycles. The van der Waals surface area contributed by atoms with Crippen molar-refractivity contribution in [2.24, 2.45) is 5.73 Å². The number of hydrogen-bond acceptors (Lipinski definition) is 1. The van der Waals surface area contributed by atoms with Crippen molar-refractivity contribution in [1.29, 1.82) is 0 Å². The molecule has 1 rings (SSSR count). The molecule has 1 saturated carbocycles. The highest BCUT2D eigenvalue weighted by Crippen LogP contribution is 2.18. The molecule has 2 atom stereocenters. The van der Waals surface area contributed by atoms with Crippen LogP contribution in [0.4, 0.5) is 0 Å². The highest BCUT2D eigenvalue weighted by Gasteiger charge is 2.28. The van der Waals surface area contributed by atoms with Gasteiger partial charge in [0.05, 0.1) is 6.04 Å². The molecule has 1 aliphatic carbocycles. The van der Waals surface area contributed by atoms with Gasteiger partial charge in [0.15, 0.2) is 0 Å². The lowest BCUT2D eigenvalue weighted by molar-refractivity contribution is 0.420. The zero-order valence-corrected chi connectivity index (χ0v) is 5.59. The van der Waals surface area contributed by atoms with Crippen LogP contribution in [0.1, 0.15) is 25.7 Å². The van der Waals surface area contributed by atoms with E-state index < -0.39 is 0 Å². The normalized spacial score (nSPS) is 35.6. The lowest BCUT2D eigenvalue weighted by atomic mass is 9.92. The predicted octanol–water partition coefficient (Wildman–Crippen LogP) is 1.22. The highest BCUT2D eigenvalue weighted by atomic mass is 14.8. The Morgan fingerprint density at radius 1 is 1.33 bits per heavy atom. The summed E-state index contributed by atoms with van der Waals surface area (Å²) in [5.74, 6) is 0. The van der Waals surface area contributed by atoms with Crippen LogP contribution in [0.25, 0.3) is 4.85 Å². The van der Waals surface area contributed by atoms with Gasteiger partial charge < -0.3 is 5.73 Å². The average molecular weight is 125 g/mol. The summed E-state index contributed by atoms with van der Waals surface area (Å²) in [7, 11) is 0. The second-order valence-electron chi connectivity index (χ2n) is 2.66. The molecule has 0 spiro atoms. The van der Waals surface area contributed by atoms with Crippen molar-refractivity contribution in [2.45, 2.75) is 37.8 Å². The molecular weight excluding hydrogens is 112 g/mol. The zero-order chi connectivity index (χ0) is 6.69. The third-order valence-corrected chi connectivity index (χ3v) is 1.97.